The van der Waals surface area contributed by atoms with E-state index in [1.807, 2.05) is 44.2 Å². The number of rotatable bonds is 3. The topological polar surface area (TPSA) is 78.9 Å². The van der Waals surface area contributed by atoms with Gasteiger partial charge < -0.3 is 14.7 Å². The number of fused-ring (bicyclic) bond motifs is 2. The first-order valence-electron chi connectivity index (χ1n) is 14.5. The summed E-state index contributed by atoms with van der Waals surface area (Å²) in [6.07, 6.45) is 8.11. The van der Waals surface area contributed by atoms with Gasteiger partial charge in [0.2, 0.25) is 0 Å². The summed E-state index contributed by atoms with van der Waals surface area (Å²) >= 11 is 6.37. The number of nitrogens with zero attached hydrogens (tertiary/aromatic N) is 1. The van der Waals surface area contributed by atoms with Gasteiger partial charge in [0.15, 0.2) is 0 Å². The first-order valence-corrected chi connectivity index (χ1v) is 16.2. The summed E-state index contributed by atoms with van der Waals surface area (Å²) in [5.41, 5.74) is 3.55. The molecule has 216 valence electrons. The molecule has 0 radical (unpaired) electrons. The van der Waals surface area contributed by atoms with Crippen molar-refractivity contribution >= 4 is 34.2 Å². The molecule has 40 heavy (non-hydrogen) atoms. The second-order valence-corrected chi connectivity index (χ2v) is 14.0. The molecule has 2 aliphatic heterocycles. The van der Waals surface area contributed by atoms with E-state index < -0.39 is 17.1 Å². The molecule has 1 fully saturated rings. The molecule has 2 aromatic carbocycles. The first kappa shape index (κ1) is 29.2. The third-order valence-corrected chi connectivity index (χ3v) is 10.3. The van der Waals surface area contributed by atoms with Gasteiger partial charge in [0.1, 0.15) is 16.7 Å². The predicted molar refractivity (Wildman–Crippen MR) is 163 cm³/mol. The first-order chi connectivity index (χ1) is 19.1. The molecule has 2 N–H and O–H groups in total. The van der Waals surface area contributed by atoms with Crippen molar-refractivity contribution in [3.8, 4) is 5.75 Å². The molecule has 0 spiro atoms. The average molecular weight is 585 g/mol. The number of aliphatic hydroxyl groups is 1. The molecule has 5 rings (SSSR count). The Balaban J connectivity index is 1.52. The summed E-state index contributed by atoms with van der Waals surface area (Å²) in [6, 6.07) is 11.6. The van der Waals surface area contributed by atoms with Crippen LogP contribution in [-0.2, 0) is 17.4 Å². The Morgan fingerprint density at radius 3 is 2.75 bits per heavy atom. The lowest BCUT2D eigenvalue weighted by atomic mass is 9.70. The minimum absolute atomic E-state index is 0.118. The zero-order chi connectivity index (χ0) is 28.4. The molecule has 2 heterocycles. The zero-order valence-corrected chi connectivity index (χ0v) is 25.3. The van der Waals surface area contributed by atoms with Crippen LogP contribution in [0.1, 0.15) is 73.9 Å². The van der Waals surface area contributed by atoms with E-state index in [0.717, 1.165) is 55.2 Å². The number of hydrogen-bond donors (Lipinski definition) is 2. The van der Waals surface area contributed by atoms with Crippen molar-refractivity contribution in [1.29, 1.82) is 0 Å². The summed E-state index contributed by atoms with van der Waals surface area (Å²) in [7, 11) is -1.53. The minimum Gasteiger partial charge on any atom is -0.491 e. The lowest BCUT2D eigenvalue weighted by Gasteiger charge is -2.42. The number of hydrogen-bond acceptors (Lipinski definition) is 5. The SMILES string of the molecule is CCCc1cc(Cl)ccc1C1COc2ccc3cc2N(C1)CC1CCC1C(O)/C=C/CC(C)(C)CS(=O)NC3=O. The molecule has 3 aliphatic rings. The molecule has 2 aromatic rings. The van der Waals surface area contributed by atoms with Gasteiger partial charge in [-0.3, -0.25) is 9.52 Å². The van der Waals surface area contributed by atoms with Crippen molar-refractivity contribution in [2.45, 2.75) is 64.9 Å². The van der Waals surface area contributed by atoms with E-state index in [1.54, 1.807) is 6.07 Å². The normalized spacial score (nSPS) is 29.3. The highest BCUT2D eigenvalue weighted by Gasteiger charge is 2.38. The molecule has 0 aromatic heterocycles. The van der Waals surface area contributed by atoms with Crippen molar-refractivity contribution in [2.24, 2.45) is 17.3 Å². The maximum Gasteiger partial charge on any atom is 0.263 e. The number of anilines is 1. The number of benzene rings is 2. The van der Waals surface area contributed by atoms with Gasteiger partial charge in [-0.1, -0.05) is 57.0 Å². The number of ether oxygens (including phenoxy) is 1. The van der Waals surface area contributed by atoms with Crippen LogP contribution in [0.2, 0.25) is 5.02 Å². The van der Waals surface area contributed by atoms with Gasteiger partial charge in [-0.15, -0.1) is 0 Å². The van der Waals surface area contributed by atoms with Crippen molar-refractivity contribution < 1.29 is 18.8 Å². The largest absolute Gasteiger partial charge is 0.491 e. The Morgan fingerprint density at radius 1 is 1.18 bits per heavy atom. The van der Waals surface area contributed by atoms with Gasteiger partial charge in [-0.2, -0.15) is 0 Å². The highest BCUT2D eigenvalue weighted by Crippen LogP contribution is 2.42. The molecule has 0 saturated heterocycles. The molecular formula is C32H41ClN2O4S. The maximum atomic E-state index is 13.2. The molecule has 2 bridgehead atoms. The van der Waals surface area contributed by atoms with Crippen LogP contribution in [0.25, 0.3) is 0 Å². The van der Waals surface area contributed by atoms with Crippen molar-refractivity contribution in [3.05, 3.63) is 70.3 Å². The van der Waals surface area contributed by atoms with E-state index in [9.17, 15) is 14.1 Å². The number of halogens is 1. The molecule has 5 atom stereocenters. The smallest absolute Gasteiger partial charge is 0.263 e. The van der Waals surface area contributed by atoms with Gasteiger partial charge in [0, 0.05) is 35.3 Å². The highest BCUT2D eigenvalue weighted by molar-refractivity contribution is 7.83. The van der Waals surface area contributed by atoms with E-state index in [2.05, 4.69) is 28.7 Å². The summed E-state index contributed by atoms with van der Waals surface area (Å²) in [6.45, 7) is 8.25. The lowest BCUT2D eigenvalue weighted by molar-refractivity contribution is 0.0460. The molecule has 1 amide bonds. The number of nitrogens with one attached hydrogen (secondary N) is 1. The van der Waals surface area contributed by atoms with Gasteiger partial charge in [0.25, 0.3) is 5.91 Å². The molecule has 8 heteroatoms. The van der Waals surface area contributed by atoms with Crippen LogP contribution in [0.5, 0.6) is 5.75 Å². The number of aliphatic hydroxyl groups excluding tert-OH is 1. The van der Waals surface area contributed by atoms with E-state index in [0.29, 0.717) is 30.3 Å². The van der Waals surface area contributed by atoms with Crippen LogP contribution in [0.4, 0.5) is 5.69 Å². The Hall–Kier alpha value is -2.35. The molecule has 6 nitrogen and oxygen atoms in total. The number of amides is 1. The van der Waals surface area contributed by atoms with E-state index >= 15 is 0 Å². The van der Waals surface area contributed by atoms with E-state index in [-0.39, 0.29) is 23.2 Å². The summed E-state index contributed by atoms with van der Waals surface area (Å²) in [4.78, 5) is 15.5. The fourth-order valence-electron chi connectivity index (χ4n) is 6.29. The molecule has 1 aliphatic carbocycles. The third-order valence-electron chi connectivity index (χ3n) is 8.61. The second-order valence-electron chi connectivity index (χ2n) is 12.4. The summed E-state index contributed by atoms with van der Waals surface area (Å²) in [5.74, 6) is 1.36. The van der Waals surface area contributed by atoms with Crippen LogP contribution in [0, 0.1) is 17.3 Å². The fraction of sp³-hybridized carbons (Fsp3) is 0.531. The highest BCUT2D eigenvalue weighted by atomic mass is 35.5. The second kappa shape index (κ2) is 12.3. The lowest BCUT2D eigenvalue weighted by Crippen LogP contribution is -2.44. The predicted octanol–water partition coefficient (Wildman–Crippen LogP) is 6.04. The van der Waals surface area contributed by atoms with E-state index in [1.165, 1.54) is 11.1 Å². The average Bonchev–Trinajstić information content (AvgIpc) is 3.05. The fourth-order valence-corrected chi connectivity index (χ4v) is 7.71. The molecule has 5 unspecified atom stereocenters. The Kier molecular flexibility index (Phi) is 8.93. The number of carbonyl (C=O) groups is 1. The Morgan fingerprint density at radius 2 is 2.00 bits per heavy atom. The summed E-state index contributed by atoms with van der Waals surface area (Å²) < 4.78 is 22.0. The number of aryl methyl sites for hydroxylation is 1. The monoisotopic (exact) mass is 584 g/mol. The van der Waals surface area contributed by atoms with Gasteiger partial charge >= 0.3 is 0 Å². The molecular weight excluding hydrogens is 544 g/mol. The van der Waals surface area contributed by atoms with E-state index in [4.69, 9.17) is 16.3 Å². The van der Waals surface area contributed by atoms with Gasteiger partial charge in [0.05, 0.1) is 18.4 Å². The Bertz CT molecular complexity index is 1300. The minimum atomic E-state index is -1.53. The zero-order valence-electron chi connectivity index (χ0n) is 23.7. The quantitative estimate of drug-likeness (QED) is 0.430. The standard InChI is InChI=1S/C32H41ClN2O4S/c1-4-6-21-15-25(33)10-12-26(21)24-18-35-17-23-8-11-27(23)29(36)7-5-14-32(2,3)20-40(38)34-31(37)22-9-13-30(39-19-24)28(35)16-22/h5,7,9-10,12-13,15-16,23-24,27,29,36H,4,6,8,11,14,17-20H2,1-3H3,(H,34,37)/b7-5+. The van der Waals surface area contributed by atoms with Crippen molar-refractivity contribution in [2.75, 3.05) is 30.3 Å². The van der Waals surface area contributed by atoms with Crippen LogP contribution < -0.4 is 14.4 Å². The van der Waals surface area contributed by atoms with Crippen LogP contribution in [-0.4, -0.2) is 46.8 Å². The number of carbonyl (C=O) groups excluding carboxylic acids is 1. The number of allylic oxidation sites excluding steroid dienone is 1. The Labute approximate surface area is 245 Å². The molecule has 1 saturated carbocycles. The van der Waals surface area contributed by atoms with Gasteiger partial charge in [-0.05, 0) is 84.4 Å². The third kappa shape index (κ3) is 6.58. The van der Waals surface area contributed by atoms with Crippen LogP contribution in [0.3, 0.4) is 0 Å². The van der Waals surface area contributed by atoms with Gasteiger partial charge in [-0.25, -0.2) is 4.21 Å². The van der Waals surface area contributed by atoms with Crippen molar-refractivity contribution in [1.82, 2.24) is 4.72 Å². The maximum absolute atomic E-state index is 13.2. The van der Waals surface area contributed by atoms with Crippen molar-refractivity contribution in [3.63, 3.8) is 0 Å². The van der Waals surface area contributed by atoms with Crippen LogP contribution >= 0.6 is 11.6 Å². The van der Waals surface area contributed by atoms with Crippen LogP contribution in [0.15, 0.2) is 48.6 Å². The summed E-state index contributed by atoms with van der Waals surface area (Å²) in [5, 5.41) is 11.8.